The van der Waals surface area contributed by atoms with Crippen molar-refractivity contribution in [1.82, 2.24) is 0 Å². The van der Waals surface area contributed by atoms with Crippen LogP contribution in [0.15, 0.2) is 53.5 Å². The fourth-order valence-corrected chi connectivity index (χ4v) is 2.66. The van der Waals surface area contributed by atoms with Crippen molar-refractivity contribution in [2.24, 2.45) is 10.7 Å². The van der Waals surface area contributed by atoms with Gasteiger partial charge in [-0.2, -0.15) is 0 Å². The molecule has 6 heteroatoms. The van der Waals surface area contributed by atoms with Gasteiger partial charge in [-0.1, -0.05) is 24.3 Å². The Labute approximate surface area is 145 Å². The maximum Gasteiger partial charge on any atom is 0.282 e. The Morgan fingerprint density at radius 2 is 1.84 bits per heavy atom. The number of rotatable bonds is 6. The minimum Gasteiger partial charge on any atom is -0.463 e. The highest BCUT2D eigenvalue weighted by atomic mass is 19.1. The number of carbonyl (C=O) groups is 1. The first-order chi connectivity index (χ1) is 12.1. The summed E-state index contributed by atoms with van der Waals surface area (Å²) in [4.78, 5) is 16.2. The lowest BCUT2D eigenvalue weighted by molar-refractivity contribution is -0.115. The number of nitrogens with zero attached hydrogens (tertiary/aromatic N) is 1. The Hall–Kier alpha value is -2.89. The normalized spacial score (nSPS) is 16.2. The van der Waals surface area contributed by atoms with E-state index in [2.05, 4.69) is 10.3 Å². The zero-order valence-electron chi connectivity index (χ0n) is 13.7. The SMILES string of the molecule is NC1=N[C@@H](CCc2ccc(NC(=O)Cc3ccc(F)cc3)cc2)CO1. The molecule has 2 aromatic rings. The first kappa shape index (κ1) is 17.0. The van der Waals surface area contributed by atoms with Crippen molar-refractivity contribution in [2.75, 3.05) is 11.9 Å². The van der Waals surface area contributed by atoms with Gasteiger partial charge in [0.15, 0.2) is 0 Å². The number of halogens is 1. The van der Waals surface area contributed by atoms with E-state index >= 15 is 0 Å². The van der Waals surface area contributed by atoms with Crippen molar-refractivity contribution in [1.29, 1.82) is 0 Å². The van der Waals surface area contributed by atoms with E-state index in [1.807, 2.05) is 24.3 Å². The number of benzene rings is 2. The zero-order chi connectivity index (χ0) is 17.6. The van der Waals surface area contributed by atoms with Crippen molar-refractivity contribution < 1.29 is 13.9 Å². The molecule has 0 bridgehead atoms. The van der Waals surface area contributed by atoms with Gasteiger partial charge in [-0.15, -0.1) is 0 Å². The van der Waals surface area contributed by atoms with Gasteiger partial charge < -0.3 is 15.8 Å². The second kappa shape index (κ2) is 7.79. The number of anilines is 1. The molecule has 1 heterocycles. The molecule has 2 aromatic carbocycles. The molecule has 0 saturated heterocycles. The third kappa shape index (κ3) is 5.04. The van der Waals surface area contributed by atoms with Crippen molar-refractivity contribution >= 4 is 17.6 Å². The van der Waals surface area contributed by atoms with Crippen LogP contribution in [0.1, 0.15) is 17.5 Å². The third-order valence-electron chi connectivity index (χ3n) is 4.02. The molecule has 0 aromatic heterocycles. The van der Waals surface area contributed by atoms with Crippen LogP contribution in [0, 0.1) is 5.82 Å². The summed E-state index contributed by atoms with van der Waals surface area (Å²) in [5, 5.41) is 2.84. The van der Waals surface area contributed by atoms with Gasteiger partial charge in [0.25, 0.3) is 6.02 Å². The molecule has 1 aliphatic heterocycles. The van der Waals surface area contributed by atoms with Crippen molar-refractivity contribution in [3.05, 3.63) is 65.5 Å². The number of nitrogens with one attached hydrogen (secondary N) is 1. The van der Waals surface area contributed by atoms with Gasteiger partial charge in [0.2, 0.25) is 5.91 Å². The van der Waals surface area contributed by atoms with Gasteiger partial charge in [-0.25, -0.2) is 9.38 Å². The Bertz CT molecular complexity index is 757. The van der Waals surface area contributed by atoms with Gasteiger partial charge >= 0.3 is 0 Å². The van der Waals surface area contributed by atoms with E-state index in [1.165, 1.54) is 12.1 Å². The summed E-state index contributed by atoms with van der Waals surface area (Å²) in [7, 11) is 0. The molecule has 0 spiro atoms. The van der Waals surface area contributed by atoms with Gasteiger partial charge in [0.05, 0.1) is 12.5 Å². The van der Waals surface area contributed by atoms with E-state index in [1.54, 1.807) is 12.1 Å². The number of amidine groups is 1. The summed E-state index contributed by atoms with van der Waals surface area (Å²) in [5.74, 6) is -0.440. The van der Waals surface area contributed by atoms with Gasteiger partial charge in [-0.05, 0) is 48.2 Å². The molecule has 1 atom stereocenters. The Morgan fingerprint density at radius 3 is 2.48 bits per heavy atom. The number of aryl methyl sites for hydroxylation is 1. The fourth-order valence-electron chi connectivity index (χ4n) is 2.66. The van der Waals surface area contributed by atoms with Crippen LogP contribution in [0.5, 0.6) is 0 Å². The largest absolute Gasteiger partial charge is 0.463 e. The second-order valence-corrected chi connectivity index (χ2v) is 6.02. The second-order valence-electron chi connectivity index (χ2n) is 6.02. The summed E-state index contributed by atoms with van der Waals surface area (Å²) in [5.41, 5.74) is 8.17. The highest BCUT2D eigenvalue weighted by molar-refractivity contribution is 5.92. The molecular formula is C19H20FN3O2. The molecule has 25 heavy (non-hydrogen) atoms. The molecule has 3 rings (SSSR count). The van der Waals surface area contributed by atoms with E-state index in [-0.39, 0.29) is 30.2 Å². The number of hydrogen-bond donors (Lipinski definition) is 2. The summed E-state index contributed by atoms with van der Waals surface area (Å²) in [6.45, 7) is 0.545. The van der Waals surface area contributed by atoms with Crippen LogP contribution >= 0.6 is 0 Å². The summed E-state index contributed by atoms with van der Waals surface area (Å²) >= 11 is 0. The molecule has 0 fully saturated rings. The van der Waals surface area contributed by atoms with E-state index in [0.29, 0.717) is 6.61 Å². The molecule has 0 unspecified atom stereocenters. The average Bonchev–Trinajstić information content (AvgIpc) is 3.02. The molecule has 130 valence electrons. The third-order valence-corrected chi connectivity index (χ3v) is 4.02. The number of amides is 1. The van der Waals surface area contributed by atoms with Crippen molar-refractivity contribution in [3.8, 4) is 0 Å². The average molecular weight is 341 g/mol. The number of nitrogens with two attached hydrogens (primary N) is 1. The minimum absolute atomic E-state index is 0.120. The first-order valence-corrected chi connectivity index (χ1v) is 8.18. The van der Waals surface area contributed by atoms with E-state index in [9.17, 15) is 9.18 Å². The zero-order valence-corrected chi connectivity index (χ0v) is 13.7. The standard InChI is InChI=1S/C19H20FN3O2/c20-15-6-1-14(2-7-15)11-18(24)22-16-8-3-13(4-9-16)5-10-17-12-25-19(21)23-17/h1-4,6-9,17H,5,10-12H2,(H2,21,23)(H,22,24)/t17-/m0/s1. The number of carbonyl (C=O) groups excluding carboxylic acids is 1. The van der Waals surface area contributed by atoms with E-state index in [4.69, 9.17) is 10.5 Å². The quantitative estimate of drug-likeness (QED) is 0.848. The van der Waals surface area contributed by atoms with Crippen LogP contribution in [-0.4, -0.2) is 24.6 Å². The molecular weight excluding hydrogens is 321 g/mol. The smallest absolute Gasteiger partial charge is 0.282 e. The lowest BCUT2D eigenvalue weighted by Crippen LogP contribution is -2.14. The molecule has 0 radical (unpaired) electrons. The van der Waals surface area contributed by atoms with Gasteiger partial charge in [0.1, 0.15) is 12.4 Å². The number of hydrogen-bond acceptors (Lipinski definition) is 4. The lowest BCUT2D eigenvalue weighted by atomic mass is 10.1. The Balaban J connectivity index is 1.48. The molecule has 1 aliphatic rings. The predicted molar refractivity (Wildman–Crippen MR) is 94.9 cm³/mol. The van der Waals surface area contributed by atoms with Crippen molar-refractivity contribution in [2.45, 2.75) is 25.3 Å². The van der Waals surface area contributed by atoms with Crippen LogP contribution < -0.4 is 11.1 Å². The summed E-state index contributed by atoms with van der Waals surface area (Å²) < 4.78 is 18.0. The topological polar surface area (TPSA) is 76.7 Å². The van der Waals surface area contributed by atoms with Crippen LogP contribution in [0.2, 0.25) is 0 Å². The van der Waals surface area contributed by atoms with Crippen LogP contribution in [0.4, 0.5) is 10.1 Å². The van der Waals surface area contributed by atoms with Gasteiger partial charge in [-0.3, -0.25) is 4.79 Å². The Morgan fingerprint density at radius 1 is 1.16 bits per heavy atom. The monoisotopic (exact) mass is 341 g/mol. The van der Waals surface area contributed by atoms with Crippen LogP contribution in [0.3, 0.4) is 0 Å². The minimum atomic E-state index is -0.308. The lowest BCUT2D eigenvalue weighted by Gasteiger charge is -2.08. The molecule has 0 saturated carbocycles. The van der Waals surface area contributed by atoms with Crippen LogP contribution in [0.25, 0.3) is 0 Å². The van der Waals surface area contributed by atoms with Gasteiger partial charge in [0, 0.05) is 5.69 Å². The molecule has 0 aliphatic carbocycles. The first-order valence-electron chi connectivity index (χ1n) is 8.18. The summed E-state index contributed by atoms with van der Waals surface area (Å²) in [6.07, 6.45) is 1.95. The molecule has 1 amide bonds. The van der Waals surface area contributed by atoms with E-state index < -0.39 is 0 Å². The fraction of sp³-hybridized carbons (Fsp3) is 0.263. The predicted octanol–water partition coefficient (Wildman–Crippen LogP) is 2.65. The Kier molecular flexibility index (Phi) is 5.28. The summed E-state index contributed by atoms with van der Waals surface area (Å²) in [6, 6.07) is 14.0. The maximum absolute atomic E-state index is 12.9. The molecule has 3 N–H and O–H groups in total. The molecule has 5 nitrogen and oxygen atoms in total. The van der Waals surface area contributed by atoms with E-state index in [0.717, 1.165) is 29.7 Å². The highest BCUT2D eigenvalue weighted by Crippen LogP contribution is 2.15. The van der Waals surface area contributed by atoms with Crippen molar-refractivity contribution in [3.63, 3.8) is 0 Å². The number of ether oxygens (including phenoxy) is 1. The number of aliphatic imine (C=N–C) groups is 1. The maximum atomic E-state index is 12.9. The highest BCUT2D eigenvalue weighted by Gasteiger charge is 2.16. The van der Waals surface area contributed by atoms with Crippen LogP contribution in [-0.2, 0) is 22.4 Å².